The van der Waals surface area contributed by atoms with Gasteiger partial charge in [-0.25, -0.2) is 0 Å². The van der Waals surface area contributed by atoms with E-state index in [0.29, 0.717) is 11.7 Å². The Hall–Kier alpha value is -1.54. The van der Waals surface area contributed by atoms with E-state index in [0.717, 1.165) is 35.6 Å². The van der Waals surface area contributed by atoms with E-state index in [2.05, 4.69) is 13.8 Å². The van der Waals surface area contributed by atoms with Crippen LogP contribution in [0.3, 0.4) is 0 Å². The molecule has 0 aliphatic heterocycles. The quantitative estimate of drug-likeness (QED) is 0.815. The van der Waals surface area contributed by atoms with Gasteiger partial charge in [0.2, 0.25) is 0 Å². The molecule has 2 heteroatoms. The maximum absolute atomic E-state index is 10.2. The number of aromatic hydroxyl groups is 1. The molecule has 2 aromatic carbocycles. The number of rotatable bonds is 6. The van der Waals surface area contributed by atoms with Crippen molar-refractivity contribution in [2.75, 3.05) is 6.61 Å². The van der Waals surface area contributed by atoms with Gasteiger partial charge in [0.05, 0.1) is 6.61 Å². The fourth-order valence-corrected chi connectivity index (χ4v) is 2.73. The summed E-state index contributed by atoms with van der Waals surface area (Å²) in [5.41, 5.74) is 0.897. The van der Waals surface area contributed by atoms with Gasteiger partial charge in [0.1, 0.15) is 5.75 Å². The Morgan fingerprint density at radius 2 is 1.80 bits per heavy atom. The topological polar surface area (TPSA) is 40.5 Å². The van der Waals surface area contributed by atoms with E-state index in [1.165, 1.54) is 0 Å². The summed E-state index contributed by atoms with van der Waals surface area (Å²) in [5.74, 6) is 0.961. The van der Waals surface area contributed by atoms with Crippen molar-refractivity contribution in [1.82, 2.24) is 0 Å². The van der Waals surface area contributed by atoms with Crippen LogP contribution < -0.4 is 0 Å². The van der Waals surface area contributed by atoms with Gasteiger partial charge in [-0.1, -0.05) is 57.0 Å². The highest BCUT2D eigenvalue weighted by atomic mass is 16.3. The van der Waals surface area contributed by atoms with Crippen molar-refractivity contribution < 1.29 is 10.2 Å². The second-order valence-corrected chi connectivity index (χ2v) is 5.69. The average Bonchev–Trinajstić information content (AvgIpc) is 2.49. The van der Waals surface area contributed by atoms with Crippen molar-refractivity contribution in [2.24, 2.45) is 5.92 Å². The van der Waals surface area contributed by atoms with Gasteiger partial charge in [-0.2, -0.15) is 0 Å². The molecule has 0 radical (unpaired) electrons. The zero-order valence-corrected chi connectivity index (χ0v) is 12.3. The summed E-state index contributed by atoms with van der Waals surface area (Å²) in [7, 11) is 0. The van der Waals surface area contributed by atoms with Crippen LogP contribution in [-0.2, 0) is 0 Å². The molecule has 2 nitrogen and oxygen atoms in total. The summed E-state index contributed by atoms with van der Waals surface area (Å²) in [6.45, 7) is 4.50. The molecule has 2 rings (SSSR count). The molecule has 0 amide bonds. The lowest BCUT2D eigenvalue weighted by Gasteiger charge is -2.20. The van der Waals surface area contributed by atoms with E-state index < -0.39 is 0 Å². The van der Waals surface area contributed by atoms with Gasteiger partial charge in [-0.15, -0.1) is 0 Å². The molecule has 0 spiro atoms. The number of hydrogen-bond donors (Lipinski definition) is 2. The highest BCUT2D eigenvalue weighted by Gasteiger charge is 2.18. The van der Waals surface area contributed by atoms with Crippen molar-refractivity contribution in [2.45, 2.75) is 39.0 Å². The lowest BCUT2D eigenvalue weighted by atomic mass is 9.87. The molecular formula is C18H24O2. The van der Waals surface area contributed by atoms with Crippen molar-refractivity contribution in [3.8, 4) is 5.75 Å². The Labute approximate surface area is 121 Å². The lowest BCUT2D eigenvalue weighted by molar-refractivity contribution is 0.250. The number of fused-ring (bicyclic) bond motifs is 1. The molecular weight excluding hydrogens is 248 g/mol. The highest BCUT2D eigenvalue weighted by molar-refractivity contribution is 5.88. The highest BCUT2D eigenvalue weighted by Crippen LogP contribution is 2.36. The van der Waals surface area contributed by atoms with Crippen LogP contribution in [0.5, 0.6) is 5.75 Å². The van der Waals surface area contributed by atoms with Gasteiger partial charge in [0.15, 0.2) is 0 Å². The third kappa shape index (κ3) is 3.13. The SMILES string of the molecule is CCC(C)CCC(CO)c1c(O)ccc2ccccc12. The van der Waals surface area contributed by atoms with E-state index in [1.54, 1.807) is 6.07 Å². The molecule has 20 heavy (non-hydrogen) atoms. The standard InChI is InChI=1S/C18H24O2/c1-3-13(2)8-9-15(12-19)18-16-7-5-4-6-14(16)10-11-17(18)20/h4-7,10-11,13,15,19-20H,3,8-9,12H2,1-2H3. The van der Waals surface area contributed by atoms with Crippen molar-refractivity contribution in [1.29, 1.82) is 0 Å². The number of hydrogen-bond acceptors (Lipinski definition) is 2. The van der Waals surface area contributed by atoms with E-state index in [4.69, 9.17) is 0 Å². The second-order valence-electron chi connectivity index (χ2n) is 5.69. The molecule has 0 aromatic heterocycles. The van der Waals surface area contributed by atoms with Crippen molar-refractivity contribution in [3.05, 3.63) is 42.0 Å². The molecule has 0 bridgehead atoms. The predicted octanol–water partition coefficient (Wildman–Crippen LogP) is 4.45. The van der Waals surface area contributed by atoms with Crippen LogP contribution in [0.15, 0.2) is 36.4 Å². The van der Waals surface area contributed by atoms with Crippen LogP contribution in [0, 0.1) is 5.92 Å². The van der Waals surface area contributed by atoms with Crippen molar-refractivity contribution in [3.63, 3.8) is 0 Å². The minimum Gasteiger partial charge on any atom is -0.508 e. The average molecular weight is 272 g/mol. The van der Waals surface area contributed by atoms with Gasteiger partial charge in [-0.05, 0) is 29.2 Å². The molecule has 0 fully saturated rings. The van der Waals surface area contributed by atoms with Gasteiger partial charge in [-0.3, -0.25) is 0 Å². The second kappa shape index (κ2) is 6.76. The molecule has 2 N–H and O–H groups in total. The molecule has 0 saturated carbocycles. The van der Waals surface area contributed by atoms with Crippen molar-refractivity contribution >= 4 is 10.8 Å². The van der Waals surface area contributed by atoms with Crippen LogP contribution >= 0.6 is 0 Å². The summed E-state index contributed by atoms with van der Waals surface area (Å²) in [5, 5.41) is 22.1. The lowest BCUT2D eigenvalue weighted by Crippen LogP contribution is -2.07. The smallest absolute Gasteiger partial charge is 0.119 e. The number of phenols is 1. The summed E-state index contributed by atoms with van der Waals surface area (Å²) in [6.07, 6.45) is 3.14. The zero-order valence-electron chi connectivity index (χ0n) is 12.3. The Balaban J connectivity index is 2.35. The monoisotopic (exact) mass is 272 g/mol. The normalized spacial score (nSPS) is 14.3. The Bertz CT molecular complexity index is 562. The molecule has 2 unspecified atom stereocenters. The molecule has 0 aliphatic rings. The van der Waals surface area contributed by atoms with Gasteiger partial charge in [0, 0.05) is 11.5 Å². The molecule has 0 heterocycles. The first-order valence-corrected chi connectivity index (χ1v) is 7.48. The number of benzene rings is 2. The first-order chi connectivity index (χ1) is 9.67. The molecule has 2 aromatic rings. The summed E-state index contributed by atoms with van der Waals surface area (Å²) in [4.78, 5) is 0. The maximum Gasteiger partial charge on any atom is 0.119 e. The van der Waals surface area contributed by atoms with Crippen LogP contribution in [0.2, 0.25) is 0 Å². The van der Waals surface area contributed by atoms with E-state index >= 15 is 0 Å². The third-order valence-electron chi connectivity index (χ3n) is 4.28. The Morgan fingerprint density at radius 3 is 2.50 bits per heavy atom. The number of phenolic OH excluding ortho intramolecular Hbond substituents is 1. The van der Waals surface area contributed by atoms with Gasteiger partial charge < -0.3 is 10.2 Å². The van der Waals surface area contributed by atoms with E-state index in [1.807, 2.05) is 30.3 Å². The largest absolute Gasteiger partial charge is 0.508 e. The van der Waals surface area contributed by atoms with Crippen LogP contribution in [-0.4, -0.2) is 16.8 Å². The van der Waals surface area contributed by atoms with Gasteiger partial charge in [0.25, 0.3) is 0 Å². The number of aliphatic hydroxyl groups is 1. The molecule has 108 valence electrons. The van der Waals surface area contributed by atoms with E-state index in [9.17, 15) is 10.2 Å². The first kappa shape index (κ1) is 14.9. The first-order valence-electron chi connectivity index (χ1n) is 7.48. The molecule has 2 atom stereocenters. The zero-order chi connectivity index (χ0) is 14.5. The molecule has 0 saturated heterocycles. The molecule has 0 aliphatic carbocycles. The third-order valence-corrected chi connectivity index (χ3v) is 4.28. The minimum absolute atomic E-state index is 0.00935. The minimum atomic E-state index is 0.00935. The summed E-state index contributed by atoms with van der Waals surface area (Å²) < 4.78 is 0. The van der Waals surface area contributed by atoms with Gasteiger partial charge >= 0.3 is 0 Å². The fourth-order valence-electron chi connectivity index (χ4n) is 2.73. The fraction of sp³-hybridized carbons (Fsp3) is 0.444. The maximum atomic E-state index is 10.2. The summed E-state index contributed by atoms with van der Waals surface area (Å²) in [6, 6.07) is 11.7. The van der Waals surface area contributed by atoms with E-state index in [-0.39, 0.29) is 12.5 Å². The predicted molar refractivity (Wildman–Crippen MR) is 84.1 cm³/mol. The Morgan fingerprint density at radius 1 is 1.05 bits per heavy atom. The van der Waals surface area contributed by atoms with Crippen LogP contribution in [0.1, 0.15) is 44.6 Å². The Kier molecular flexibility index (Phi) is 5.02. The van der Waals surface area contributed by atoms with Crippen LogP contribution in [0.25, 0.3) is 10.8 Å². The number of aliphatic hydroxyl groups excluding tert-OH is 1. The van der Waals surface area contributed by atoms with Crippen LogP contribution in [0.4, 0.5) is 0 Å². The summed E-state index contributed by atoms with van der Waals surface area (Å²) >= 11 is 0.